The zero-order chi connectivity index (χ0) is 21.0. The average Bonchev–Trinajstić information content (AvgIpc) is 3.02. The Hall–Kier alpha value is -3.62. The van der Waals surface area contributed by atoms with Crippen LogP contribution in [0, 0.1) is 5.82 Å². The van der Waals surface area contributed by atoms with Crippen LogP contribution in [0.15, 0.2) is 42.5 Å². The van der Waals surface area contributed by atoms with Gasteiger partial charge in [-0.3, -0.25) is 14.5 Å². The van der Waals surface area contributed by atoms with Crippen LogP contribution in [0.2, 0.25) is 0 Å². The van der Waals surface area contributed by atoms with Crippen molar-refractivity contribution in [2.24, 2.45) is 0 Å². The second-order valence-corrected chi connectivity index (χ2v) is 6.48. The van der Waals surface area contributed by atoms with E-state index in [0.717, 1.165) is 0 Å². The molecule has 9 heteroatoms. The van der Waals surface area contributed by atoms with E-state index in [0.29, 0.717) is 17.1 Å². The summed E-state index contributed by atoms with van der Waals surface area (Å²) in [6, 6.07) is 10.7. The van der Waals surface area contributed by atoms with Crippen LogP contribution in [0.3, 0.4) is 0 Å². The SMILES string of the molecule is CC(=O)NC[C@H]1CN(c2ccc(Oc3cccc(NC(C)=O)c3)c(F)c2)C(=O)O1. The predicted octanol–water partition coefficient (Wildman–Crippen LogP) is 3.04. The fourth-order valence-electron chi connectivity index (χ4n) is 2.80. The van der Waals surface area contributed by atoms with Gasteiger partial charge in [-0.2, -0.15) is 0 Å². The molecule has 2 aromatic carbocycles. The Balaban J connectivity index is 1.70. The van der Waals surface area contributed by atoms with Crippen LogP contribution in [-0.2, 0) is 14.3 Å². The second-order valence-electron chi connectivity index (χ2n) is 6.48. The summed E-state index contributed by atoms with van der Waals surface area (Å²) in [5.74, 6) is -0.804. The molecule has 1 atom stereocenters. The lowest BCUT2D eigenvalue weighted by molar-refractivity contribution is -0.119. The third-order valence-electron chi connectivity index (χ3n) is 4.06. The monoisotopic (exact) mass is 401 g/mol. The summed E-state index contributed by atoms with van der Waals surface area (Å²) >= 11 is 0. The fourth-order valence-corrected chi connectivity index (χ4v) is 2.80. The molecule has 2 aromatic rings. The van der Waals surface area contributed by atoms with Gasteiger partial charge in [-0.15, -0.1) is 0 Å². The lowest BCUT2D eigenvalue weighted by Crippen LogP contribution is -2.33. The number of hydrogen-bond donors (Lipinski definition) is 2. The standard InChI is InChI=1S/C20H20FN3O5/c1-12(25)22-10-17-11-24(20(27)29-17)15-6-7-19(18(21)9-15)28-16-5-3-4-14(8-16)23-13(2)26/h3-9,17H,10-11H2,1-2H3,(H,22,25)(H,23,26)/t17-/m0/s1. The quantitative estimate of drug-likeness (QED) is 0.776. The summed E-state index contributed by atoms with van der Waals surface area (Å²) in [4.78, 5) is 35.5. The van der Waals surface area contributed by atoms with E-state index in [4.69, 9.17) is 9.47 Å². The summed E-state index contributed by atoms with van der Waals surface area (Å²) in [5, 5.41) is 5.20. The molecule has 1 saturated heterocycles. The largest absolute Gasteiger partial charge is 0.454 e. The molecule has 0 bridgehead atoms. The molecule has 3 rings (SSSR count). The molecule has 0 aromatic heterocycles. The van der Waals surface area contributed by atoms with Crippen molar-refractivity contribution in [1.29, 1.82) is 0 Å². The highest BCUT2D eigenvalue weighted by atomic mass is 19.1. The molecule has 0 aliphatic carbocycles. The molecule has 1 aliphatic rings. The highest BCUT2D eigenvalue weighted by Crippen LogP contribution is 2.30. The first-order valence-electron chi connectivity index (χ1n) is 8.89. The Bertz CT molecular complexity index is 949. The van der Waals surface area contributed by atoms with E-state index in [9.17, 15) is 18.8 Å². The van der Waals surface area contributed by atoms with Crippen molar-refractivity contribution in [1.82, 2.24) is 5.32 Å². The maximum atomic E-state index is 14.5. The van der Waals surface area contributed by atoms with E-state index in [1.54, 1.807) is 24.3 Å². The zero-order valence-electron chi connectivity index (χ0n) is 15.9. The van der Waals surface area contributed by atoms with Crippen LogP contribution >= 0.6 is 0 Å². The summed E-state index contributed by atoms with van der Waals surface area (Å²) in [6.45, 7) is 3.13. The molecule has 0 radical (unpaired) electrons. The van der Waals surface area contributed by atoms with Crippen LogP contribution in [0.1, 0.15) is 13.8 Å². The number of nitrogens with one attached hydrogen (secondary N) is 2. The number of benzene rings is 2. The number of carbonyl (C=O) groups is 3. The van der Waals surface area contributed by atoms with Crippen LogP contribution in [0.5, 0.6) is 11.5 Å². The fraction of sp³-hybridized carbons (Fsp3) is 0.250. The number of cyclic esters (lactones) is 1. The number of hydrogen-bond acceptors (Lipinski definition) is 5. The van der Waals surface area contributed by atoms with Crippen molar-refractivity contribution in [3.05, 3.63) is 48.3 Å². The van der Waals surface area contributed by atoms with E-state index in [2.05, 4.69) is 10.6 Å². The molecule has 2 N–H and O–H groups in total. The van der Waals surface area contributed by atoms with Gasteiger partial charge in [0.2, 0.25) is 11.8 Å². The maximum Gasteiger partial charge on any atom is 0.414 e. The van der Waals surface area contributed by atoms with E-state index < -0.39 is 18.0 Å². The third kappa shape index (κ3) is 5.22. The Morgan fingerprint density at radius 1 is 1.21 bits per heavy atom. The summed E-state index contributed by atoms with van der Waals surface area (Å²) < 4.78 is 25.3. The highest BCUT2D eigenvalue weighted by Gasteiger charge is 2.32. The first-order valence-corrected chi connectivity index (χ1v) is 8.89. The van der Waals surface area contributed by atoms with Crippen LogP contribution < -0.4 is 20.3 Å². The first-order chi connectivity index (χ1) is 13.8. The number of anilines is 2. The summed E-state index contributed by atoms with van der Waals surface area (Å²) in [5.41, 5.74) is 0.842. The number of nitrogens with zero attached hydrogens (tertiary/aromatic N) is 1. The number of rotatable bonds is 6. The lowest BCUT2D eigenvalue weighted by Gasteiger charge is -2.15. The smallest absolute Gasteiger partial charge is 0.414 e. The molecule has 0 saturated carbocycles. The molecule has 1 aliphatic heterocycles. The Labute approximate surface area is 166 Å². The first kappa shape index (κ1) is 20.1. The maximum absolute atomic E-state index is 14.5. The number of halogens is 1. The van der Waals surface area contributed by atoms with Gasteiger partial charge in [0.15, 0.2) is 11.6 Å². The van der Waals surface area contributed by atoms with Gasteiger partial charge < -0.3 is 20.1 Å². The molecule has 1 heterocycles. The van der Waals surface area contributed by atoms with Crippen molar-refractivity contribution in [2.75, 3.05) is 23.3 Å². The van der Waals surface area contributed by atoms with Crippen molar-refractivity contribution in [2.45, 2.75) is 20.0 Å². The molecular formula is C20H20FN3O5. The molecule has 1 fully saturated rings. The van der Waals surface area contributed by atoms with Crippen molar-refractivity contribution in [3.63, 3.8) is 0 Å². The van der Waals surface area contributed by atoms with Gasteiger partial charge >= 0.3 is 6.09 Å². The molecule has 8 nitrogen and oxygen atoms in total. The minimum absolute atomic E-state index is 0.0314. The van der Waals surface area contributed by atoms with Crippen molar-refractivity contribution in [3.8, 4) is 11.5 Å². The second kappa shape index (κ2) is 8.59. The average molecular weight is 401 g/mol. The lowest BCUT2D eigenvalue weighted by atomic mass is 10.2. The topological polar surface area (TPSA) is 97.0 Å². The Kier molecular flexibility index (Phi) is 5.96. The molecule has 0 spiro atoms. The molecule has 152 valence electrons. The summed E-state index contributed by atoms with van der Waals surface area (Å²) in [7, 11) is 0. The molecule has 0 unspecified atom stereocenters. The van der Waals surface area contributed by atoms with Gasteiger partial charge in [-0.1, -0.05) is 6.07 Å². The van der Waals surface area contributed by atoms with Gasteiger partial charge in [-0.05, 0) is 24.3 Å². The zero-order valence-corrected chi connectivity index (χ0v) is 15.9. The molecular weight excluding hydrogens is 381 g/mol. The number of amides is 3. The Morgan fingerprint density at radius 2 is 2.00 bits per heavy atom. The number of ether oxygens (including phenoxy) is 2. The van der Waals surface area contributed by atoms with Crippen molar-refractivity contribution < 1.29 is 28.2 Å². The van der Waals surface area contributed by atoms with Gasteiger partial charge in [0, 0.05) is 31.7 Å². The Morgan fingerprint density at radius 3 is 2.69 bits per heavy atom. The van der Waals surface area contributed by atoms with Gasteiger partial charge in [0.25, 0.3) is 0 Å². The minimum atomic E-state index is -0.662. The summed E-state index contributed by atoms with van der Waals surface area (Å²) in [6.07, 6.45) is -1.13. The van der Waals surface area contributed by atoms with E-state index in [1.807, 2.05) is 0 Å². The van der Waals surface area contributed by atoms with Crippen LogP contribution in [-0.4, -0.2) is 37.1 Å². The minimum Gasteiger partial charge on any atom is -0.454 e. The normalized spacial score (nSPS) is 15.6. The molecule has 3 amide bonds. The van der Waals surface area contributed by atoms with Crippen LogP contribution in [0.25, 0.3) is 0 Å². The van der Waals surface area contributed by atoms with E-state index in [-0.39, 0.29) is 30.7 Å². The van der Waals surface area contributed by atoms with Crippen molar-refractivity contribution >= 4 is 29.3 Å². The molecule has 29 heavy (non-hydrogen) atoms. The van der Waals surface area contributed by atoms with Gasteiger partial charge in [-0.25, -0.2) is 9.18 Å². The van der Waals surface area contributed by atoms with Gasteiger partial charge in [0.1, 0.15) is 11.9 Å². The number of carbonyl (C=O) groups excluding carboxylic acids is 3. The highest BCUT2D eigenvalue weighted by molar-refractivity contribution is 5.90. The van der Waals surface area contributed by atoms with Gasteiger partial charge in [0.05, 0.1) is 18.8 Å². The third-order valence-corrected chi connectivity index (χ3v) is 4.06. The van der Waals surface area contributed by atoms with E-state index >= 15 is 0 Å². The van der Waals surface area contributed by atoms with E-state index in [1.165, 1.54) is 36.9 Å². The predicted molar refractivity (Wildman–Crippen MR) is 104 cm³/mol. The van der Waals surface area contributed by atoms with Crippen LogP contribution in [0.4, 0.5) is 20.6 Å².